The molecule has 0 radical (unpaired) electrons. The first-order valence-corrected chi connectivity index (χ1v) is 6.49. The van der Waals surface area contributed by atoms with Crippen LogP contribution in [-0.2, 0) is 13.5 Å². The van der Waals surface area contributed by atoms with Gasteiger partial charge < -0.3 is 9.88 Å². The molecule has 2 aromatic rings. The Hall–Kier alpha value is -2.10. The first-order valence-electron chi connectivity index (χ1n) is 6.49. The van der Waals surface area contributed by atoms with E-state index in [2.05, 4.69) is 29.4 Å². The number of rotatable bonds is 5. The van der Waals surface area contributed by atoms with Gasteiger partial charge in [-0.3, -0.25) is 4.79 Å². The third kappa shape index (κ3) is 3.68. The predicted molar refractivity (Wildman–Crippen MR) is 77.3 cm³/mol. The van der Waals surface area contributed by atoms with Gasteiger partial charge in [-0.05, 0) is 25.3 Å². The molecule has 1 unspecified atom stereocenters. The lowest BCUT2D eigenvalue weighted by atomic mass is 10.1. The molecule has 0 saturated carbocycles. The van der Waals surface area contributed by atoms with Gasteiger partial charge in [0.2, 0.25) is 0 Å². The average molecular weight is 257 g/mol. The molecule has 0 saturated heterocycles. The molecule has 0 aliphatic heterocycles. The Morgan fingerprint density at radius 3 is 2.79 bits per heavy atom. The Labute approximate surface area is 113 Å². The van der Waals surface area contributed by atoms with Crippen LogP contribution in [0.25, 0.3) is 0 Å². The van der Waals surface area contributed by atoms with E-state index in [-0.39, 0.29) is 11.6 Å². The Bertz CT molecular complexity index is 577. The van der Waals surface area contributed by atoms with Crippen molar-refractivity contribution in [1.82, 2.24) is 9.55 Å². The second-order valence-corrected chi connectivity index (χ2v) is 4.76. The third-order valence-electron chi connectivity index (χ3n) is 3.11. The summed E-state index contributed by atoms with van der Waals surface area (Å²) >= 11 is 0. The van der Waals surface area contributed by atoms with E-state index >= 15 is 0 Å². The topological polar surface area (TPSA) is 46.9 Å². The van der Waals surface area contributed by atoms with Gasteiger partial charge in [-0.2, -0.15) is 0 Å². The molecule has 2 rings (SSSR count). The third-order valence-corrected chi connectivity index (χ3v) is 3.11. The van der Waals surface area contributed by atoms with Crippen LogP contribution in [0, 0.1) is 0 Å². The van der Waals surface area contributed by atoms with Crippen molar-refractivity contribution >= 4 is 5.82 Å². The van der Waals surface area contributed by atoms with Gasteiger partial charge in [0.25, 0.3) is 5.56 Å². The van der Waals surface area contributed by atoms with Crippen molar-refractivity contribution in [3.8, 4) is 0 Å². The maximum atomic E-state index is 11.8. The number of nitrogens with one attached hydrogen (secondary N) is 1. The largest absolute Gasteiger partial charge is 0.363 e. The molecule has 1 heterocycles. The minimum atomic E-state index is -0.0888. The van der Waals surface area contributed by atoms with Crippen LogP contribution in [0.4, 0.5) is 5.82 Å². The Morgan fingerprint density at radius 2 is 2.05 bits per heavy atom. The molecular weight excluding hydrogens is 238 g/mol. The van der Waals surface area contributed by atoms with Crippen molar-refractivity contribution in [2.45, 2.75) is 25.8 Å². The monoisotopic (exact) mass is 257 g/mol. The number of hydrogen-bond donors (Lipinski definition) is 1. The SMILES string of the molecule is CC(CCc1ccccc1)Nc1nccn(C)c1=O. The average Bonchev–Trinajstić information content (AvgIpc) is 2.43. The molecule has 0 aliphatic rings. The van der Waals surface area contributed by atoms with Crippen molar-refractivity contribution in [2.75, 3.05) is 5.32 Å². The smallest absolute Gasteiger partial charge is 0.293 e. The van der Waals surface area contributed by atoms with Gasteiger partial charge in [-0.25, -0.2) is 4.98 Å². The fourth-order valence-electron chi connectivity index (χ4n) is 1.93. The van der Waals surface area contributed by atoms with E-state index in [0.29, 0.717) is 5.82 Å². The number of anilines is 1. The summed E-state index contributed by atoms with van der Waals surface area (Å²) < 4.78 is 1.53. The lowest BCUT2D eigenvalue weighted by Gasteiger charge is -2.14. The van der Waals surface area contributed by atoms with Gasteiger partial charge in [0.15, 0.2) is 5.82 Å². The van der Waals surface area contributed by atoms with E-state index in [1.54, 1.807) is 19.4 Å². The van der Waals surface area contributed by atoms with Gasteiger partial charge in [-0.15, -0.1) is 0 Å². The van der Waals surface area contributed by atoms with Crippen molar-refractivity contribution in [1.29, 1.82) is 0 Å². The van der Waals surface area contributed by atoms with Crippen LogP contribution in [0.3, 0.4) is 0 Å². The van der Waals surface area contributed by atoms with Gasteiger partial charge >= 0.3 is 0 Å². The molecule has 100 valence electrons. The molecule has 0 aliphatic carbocycles. The van der Waals surface area contributed by atoms with E-state index in [0.717, 1.165) is 12.8 Å². The zero-order valence-corrected chi connectivity index (χ0v) is 11.3. The molecule has 0 bridgehead atoms. The van der Waals surface area contributed by atoms with Gasteiger partial charge in [0.1, 0.15) is 0 Å². The molecule has 19 heavy (non-hydrogen) atoms. The van der Waals surface area contributed by atoms with Crippen LogP contribution < -0.4 is 10.9 Å². The van der Waals surface area contributed by atoms with Crippen molar-refractivity contribution in [3.63, 3.8) is 0 Å². The standard InChI is InChI=1S/C15H19N3O/c1-12(8-9-13-6-4-3-5-7-13)17-14-15(19)18(2)11-10-16-14/h3-7,10-12H,8-9H2,1-2H3,(H,16,17). The lowest BCUT2D eigenvalue weighted by Crippen LogP contribution is -2.26. The number of aromatic nitrogens is 2. The first-order chi connectivity index (χ1) is 9.16. The molecule has 1 aromatic heterocycles. The first kappa shape index (κ1) is 13.3. The quantitative estimate of drug-likeness (QED) is 0.893. The minimum Gasteiger partial charge on any atom is -0.363 e. The van der Waals surface area contributed by atoms with Crippen molar-refractivity contribution in [2.24, 2.45) is 7.05 Å². The summed E-state index contributed by atoms with van der Waals surface area (Å²) in [7, 11) is 1.73. The lowest BCUT2D eigenvalue weighted by molar-refractivity contribution is 0.697. The summed E-state index contributed by atoms with van der Waals surface area (Å²) in [6.45, 7) is 2.07. The second kappa shape index (κ2) is 6.18. The summed E-state index contributed by atoms with van der Waals surface area (Å²) in [5.74, 6) is 0.422. The van der Waals surface area contributed by atoms with E-state index < -0.39 is 0 Å². The minimum absolute atomic E-state index is 0.0888. The molecular formula is C15H19N3O. The van der Waals surface area contributed by atoms with Crippen LogP contribution in [0.1, 0.15) is 18.9 Å². The second-order valence-electron chi connectivity index (χ2n) is 4.76. The summed E-state index contributed by atoms with van der Waals surface area (Å²) in [4.78, 5) is 15.9. The van der Waals surface area contributed by atoms with Crippen molar-refractivity contribution in [3.05, 3.63) is 58.6 Å². The fraction of sp³-hybridized carbons (Fsp3) is 0.333. The van der Waals surface area contributed by atoms with Gasteiger partial charge in [0, 0.05) is 25.5 Å². The summed E-state index contributed by atoms with van der Waals surface area (Å²) in [5.41, 5.74) is 1.22. The molecule has 0 fully saturated rings. The van der Waals surface area contributed by atoms with Crippen LogP contribution in [0.15, 0.2) is 47.5 Å². The van der Waals surface area contributed by atoms with Gasteiger partial charge in [-0.1, -0.05) is 30.3 Å². The van der Waals surface area contributed by atoms with E-state index in [9.17, 15) is 4.79 Å². The Morgan fingerprint density at radius 1 is 1.32 bits per heavy atom. The Kier molecular flexibility index (Phi) is 4.34. The normalized spacial score (nSPS) is 12.1. The zero-order chi connectivity index (χ0) is 13.7. The highest BCUT2D eigenvalue weighted by Gasteiger charge is 2.07. The highest BCUT2D eigenvalue weighted by Crippen LogP contribution is 2.07. The van der Waals surface area contributed by atoms with E-state index in [1.807, 2.05) is 18.2 Å². The highest BCUT2D eigenvalue weighted by atomic mass is 16.1. The molecule has 0 amide bonds. The molecule has 0 spiro atoms. The fourth-order valence-corrected chi connectivity index (χ4v) is 1.93. The van der Waals surface area contributed by atoms with Crippen LogP contribution in [0.2, 0.25) is 0 Å². The molecule has 1 aromatic carbocycles. The summed E-state index contributed by atoms with van der Waals surface area (Å²) in [6.07, 6.45) is 5.24. The van der Waals surface area contributed by atoms with Crippen LogP contribution in [0.5, 0.6) is 0 Å². The molecule has 4 heteroatoms. The summed E-state index contributed by atoms with van der Waals surface area (Å²) in [6, 6.07) is 10.5. The maximum absolute atomic E-state index is 11.8. The summed E-state index contributed by atoms with van der Waals surface area (Å²) in [5, 5.41) is 3.18. The van der Waals surface area contributed by atoms with Crippen molar-refractivity contribution < 1.29 is 0 Å². The number of nitrogens with zero attached hydrogens (tertiary/aromatic N) is 2. The van der Waals surface area contributed by atoms with E-state index in [1.165, 1.54) is 10.1 Å². The van der Waals surface area contributed by atoms with Crippen LogP contribution in [-0.4, -0.2) is 15.6 Å². The van der Waals surface area contributed by atoms with Crippen LogP contribution >= 0.6 is 0 Å². The Balaban J connectivity index is 1.93. The molecule has 4 nitrogen and oxygen atoms in total. The maximum Gasteiger partial charge on any atom is 0.293 e. The molecule has 1 atom stereocenters. The van der Waals surface area contributed by atoms with Gasteiger partial charge in [0.05, 0.1) is 0 Å². The highest BCUT2D eigenvalue weighted by molar-refractivity contribution is 5.32. The number of benzene rings is 1. The van der Waals surface area contributed by atoms with E-state index in [4.69, 9.17) is 0 Å². The predicted octanol–water partition coefficient (Wildman–Crippen LogP) is 2.21. The number of aryl methyl sites for hydroxylation is 2. The number of hydrogen-bond acceptors (Lipinski definition) is 3. The molecule has 1 N–H and O–H groups in total. The zero-order valence-electron chi connectivity index (χ0n) is 11.3.